The second-order valence-electron chi connectivity index (χ2n) is 4.81. The molecule has 112 valence electrons. The van der Waals surface area contributed by atoms with E-state index in [9.17, 15) is 9.00 Å². The largest absolute Gasteiger partial charge is 0.351 e. The van der Waals surface area contributed by atoms with Gasteiger partial charge in [0, 0.05) is 17.8 Å². The van der Waals surface area contributed by atoms with Crippen LogP contribution in [0.3, 0.4) is 0 Å². The molecule has 2 atom stereocenters. The molecule has 1 aliphatic heterocycles. The Balaban J connectivity index is 1.70. The first kappa shape index (κ1) is 14.9. The Labute approximate surface area is 135 Å². The van der Waals surface area contributed by atoms with E-state index in [0.29, 0.717) is 22.2 Å². The Hall–Kier alpha value is -1.98. The van der Waals surface area contributed by atoms with Crippen molar-refractivity contribution >= 4 is 40.2 Å². The first-order valence-electron chi connectivity index (χ1n) is 6.71. The summed E-state index contributed by atoms with van der Waals surface area (Å²) >= 11 is 5.91. The number of halogens is 1. The standard InChI is InChI=1S/C16H13ClN2O2S/c17-12-5-3-4-11(8-12)9-19-16(20)15-10-18-13-6-1-2-7-14(13)22(15)21/h1-8,10,15H,9H2,(H,19,20). The van der Waals surface area contributed by atoms with Gasteiger partial charge in [-0.2, -0.15) is 0 Å². The van der Waals surface area contributed by atoms with Crippen LogP contribution in [0.5, 0.6) is 0 Å². The zero-order chi connectivity index (χ0) is 15.5. The Bertz CT molecular complexity index is 776. The van der Waals surface area contributed by atoms with E-state index in [-0.39, 0.29) is 5.91 Å². The summed E-state index contributed by atoms with van der Waals surface area (Å²) in [4.78, 5) is 17.1. The van der Waals surface area contributed by atoms with Crippen molar-refractivity contribution < 1.29 is 9.00 Å². The van der Waals surface area contributed by atoms with Crippen LogP contribution < -0.4 is 5.32 Å². The van der Waals surface area contributed by atoms with Crippen LogP contribution in [0.25, 0.3) is 0 Å². The van der Waals surface area contributed by atoms with Crippen LogP contribution in [0.15, 0.2) is 58.4 Å². The molecular formula is C16H13ClN2O2S. The molecule has 0 saturated heterocycles. The summed E-state index contributed by atoms with van der Waals surface area (Å²) in [5.74, 6) is -0.309. The molecule has 2 aromatic carbocycles. The Morgan fingerprint density at radius 2 is 2.05 bits per heavy atom. The number of hydrogen-bond donors (Lipinski definition) is 1. The Morgan fingerprint density at radius 1 is 1.23 bits per heavy atom. The highest BCUT2D eigenvalue weighted by Crippen LogP contribution is 2.27. The maximum Gasteiger partial charge on any atom is 0.241 e. The lowest BCUT2D eigenvalue weighted by atomic mass is 10.2. The van der Waals surface area contributed by atoms with Crippen LogP contribution in [-0.2, 0) is 22.1 Å². The number of fused-ring (bicyclic) bond motifs is 1. The molecule has 1 amide bonds. The van der Waals surface area contributed by atoms with Crippen molar-refractivity contribution in [3.63, 3.8) is 0 Å². The molecule has 1 heterocycles. The zero-order valence-corrected chi connectivity index (χ0v) is 13.1. The fourth-order valence-corrected chi connectivity index (χ4v) is 3.65. The van der Waals surface area contributed by atoms with Crippen molar-refractivity contribution in [3.8, 4) is 0 Å². The minimum absolute atomic E-state index is 0.309. The highest BCUT2D eigenvalue weighted by atomic mass is 35.5. The normalized spacial score (nSPS) is 19.5. The highest BCUT2D eigenvalue weighted by molar-refractivity contribution is 7.87. The van der Waals surface area contributed by atoms with Gasteiger partial charge in [0.1, 0.15) is 0 Å². The molecule has 0 bridgehead atoms. The first-order valence-corrected chi connectivity index (χ1v) is 8.30. The van der Waals surface area contributed by atoms with Gasteiger partial charge in [-0.25, -0.2) is 0 Å². The predicted molar refractivity (Wildman–Crippen MR) is 88.1 cm³/mol. The monoisotopic (exact) mass is 332 g/mol. The molecule has 1 aliphatic rings. The Kier molecular flexibility index (Phi) is 4.36. The third-order valence-corrected chi connectivity index (χ3v) is 5.09. The van der Waals surface area contributed by atoms with Gasteiger partial charge in [0.2, 0.25) is 5.91 Å². The predicted octanol–water partition coefficient (Wildman–Crippen LogP) is 2.85. The third-order valence-electron chi connectivity index (χ3n) is 3.28. The van der Waals surface area contributed by atoms with Crippen LogP contribution in [0.4, 0.5) is 5.69 Å². The molecule has 0 spiro atoms. The topological polar surface area (TPSA) is 58.5 Å². The summed E-state index contributed by atoms with van der Waals surface area (Å²) in [6, 6.07) is 14.4. The van der Waals surface area contributed by atoms with Gasteiger partial charge in [-0.15, -0.1) is 0 Å². The molecule has 0 aromatic heterocycles. The minimum Gasteiger partial charge on any atom is -0.351 e. The smallest absolute Gasteiger partial charge is 0.241 e. The number of para-hydroxylation sites is 1. The van der Waals surface area contributed by atoms with Crippen molar-refractivity contribution in [2.75, 3.05) is 0 Å². The lowest BCUT2D eigenvalue weighted by molar-refractivity contribution is -0.119. The summed E-state index contributed by atoms with van der Waals surface area (Å²) < 4.78 is 12.5. The number of aliphatic imine (C=N–C) groups is 1. The molecule has 2 aromatic rings. The third kappa shape index (κ3) is 3.10. The second kappa shape index (κ2) is 6.42. The number of amides is 1. The van der Waals surface area contributed by atoms with Gasteiger partial charge in [-0.3, -0.25) is 14.0 Å². The van der Waals surface area contributed by atoms with E-state index in [1.54, 1.807) is 30.3 Å². The van der Waals surface area contributed by atoms with E-state index in [4.69, 9.17) is 11.6 Å². The van der Waals surface area contributed by atoms with Crippen molar-refractivity contribution in [3.05, 3.63) is 59.1 Å². The van der Waals surface area contributed by atoms with Crippen LogP contribution in [-0.4, -0.2) is 21.6 Å². The maximum atomic E-state index is 12.5. The summed E-state index contributed by atoms with van der Waals surface area (Å²) in [5.41, 5.74) is 1.54. The van der Waals surface area contributed by atoms with E-state index in [0.717, 1.165) is 5.56 Å². The van der Waals surface area contributed by atoms with E-state index < -0.39 is 16.0 Å². The summed E-state index contributed by atoms with van der Waals surface area (Å²) in [5, 5.41) is 2.62. The van der Waals surface area contributed by atoms with Crippen molar-refractivity contribution in [1.29, 1.82) is 0 Å². The minimum atomic E-state index is -1.43. The number of benzene rings is 2. The first-order chi connectivity index (χ1) is 10.6. The molecular weight excluding hydrogens is 320 g/mol. The number of carbonyl (C=O) groups is 1. The number of carbonyl (C=O) groups excluding carboxylic acids is 1. The van der Waals surface area contributed by atoms with Crippen LogP contribution >= 0.6 is 11.6 Å². The van der Waals surface area contributed by atoms with Crippen LogP contribution in [0.2, 0.25) is 5.02 Å². The van der Waals surface area contributed by atoms with Crippen LogP contribution in [0, 0.1) is 0 Å². The quantitative estimate of drug-likeness (QED) is 0.939. The van der Waals surface area contributed by atoms with Crippen molar-refractivity contribution in [2.24, 2.45) is 4.99 Å². The lowest BCUT2D eigenvalue weighted by Gasteiger charge is -2.17. The fourth-order valence-electron chi connectivity index (χ4n) is 2.18. The SMILES string of the molecule is O=C(NCc1cccc(Cl)c1)C1C=Nc2ccccc2S1=O. The van der Waals surface area contributed by atoms with E-state index in [1.807, 2.05) is 18.2 Å². The molecule has 4 nitrogen and oxygen atoms in total. The molecule has 0 fully saturated rings. The maximum absolute atomic E-state index is 12.5. The van der Waals surface area contributed by atoms with Gasteiger partial charge >= 0.3 is 0 Å². The summed E-state index contributed by atoms with van der Waals surface area (Å²) in [7, 11) is -1.43. The molecule has 0 saturated carbocycles. The zero-order valence-electron chi connectivity index (χ0n) is 11.5. The molecule has 3 rings (SSSR count). The van der Waals surface area contributed by atoms with Gasteiger partial charge in [0.05, 0.1) is 21.4 Å². The van der Waals surface area contributed by atoms with Crippen LogP contribution in [0.1, 0.15) is 5.56 Å². The van der Waals surface area contributed by atoms with Gasteiger partial charge < -0.3 is 5.32 Å². The number of nitrogens with zero attached hydrogens (tertiary/aromatic N) is 1. The molecule has 6 heteroatoms. The average molecular weight is 333 g/mol. The average Bonchev–Trinajstić information content (AvgIpc) is 2.53. The number of nitrogens with one attached hydrogen (secondary N) is 1. The van der Waals surface area contributed by atoms with Crippen molar-refractivity contribution in [2.45, 2.75) is 16.7 Å². The molecule has 2 unspecified atom stereocenters. The highest BCUT2D eigenvalue weighted by Gasteiger charge is 2.29. The molecule has 0 radical (unpaired) electrons. The summed E-state index contributed by atoms with van der Waals surface area (Å²) in [6.07, 6.45) is 1.45. The van der Waals surface area contributed by atoms with Crippen molar-refractivity contribution in [1.82, 2.24) is 5.32 Å². The van der Waals surface area contributed by atoms with Gasteiger partial charge in [0.15, 0.2) is 5.25 Å². The van der Waals surface area contributed by atoms with E-state index >= 15 is 0 Å². The van der Waals surface area contributed by atoms with Gasteiger partial charge in [-0.1, -0.05) is 35.9 Å². The van der Waals surface area contributed by atoms with E-state index in [2.05, 4.69) is 10.3 Å². The number of rotatable bonds is 3. The fraction of sp³-hybridized carbons (Fsp3) is 0.125. The molecule has 1 N–H and O–H groups in total. The number of hydrogen-bond acceptors (Lipinski definition) is 3. The molecule has 0 aliphatic carbocycles. The lowest BCUT2D eigenvalue weighted by Crippen LogP contribution is -2.39. The molecule has 22 heavy (non-hydrogen) atoms. The summed E-state index contributed by atoms with van der Waals surface area (Å²) in [6.45, 7) is 0.336. The Morgan fingerprint density at radius 3 is 2.86 bits per heavy atom. The second-order valence-corrected chi connectivity index (χ2v) is 6.79. The van der Waals surface area contributed by atoms with Gasteiger partial charge in [-0.05, 0) is 29.8 Å². The van der Waals surface area contributed by atoms with Gasteiger partial charge in [0.25, 0.3) is 0 Å². The van der Waals surface area contributed by atoms with E-state index in [1.165, 1.54) is 6.21 Å².